The van der Waals surface area contributed by atoms with Crippen molar-refractivity contribution in [2.24, 2.45) is 0 Å². The number of hydrogen-bond acceptors (Lipinski definition) is 3. The van der Waals surface area contributed by atoms with Gasteiger partial charge in [-0.15, -0.1) is 21.5 Å². The Kier molecular flexibility index (Phi) is 2.16. The van der Waals surface area contributed by atoms with Gasteiger partial charge in [0.15, 0.2) is 0 Å². The lowest BCUT2D eigenvalue weighted by Crippen LogP contribution is -1.79. The molecule has 0 unspecified atom stereocenters. The lowest BCUT2D eigenvalue weighted by Gasteiger charge is -1.83. The Morgan fingerprint density at radius 2 is 2.22 bits per heavy atom. The molecule has 50 valence electrons. The molecule has 0 fully saturated rings. The predicted octanol–water partition coefficient (Wildman–Crippen LogP) is 1.80. The van der Waals surface area contributed by atoms with Crippen molar-refractivity contribution < 1.29 is 0 Å². The molecule has 1 aromatic rings. The van der Waals surface area contributed by atoms with Crippen LogP contribution in [0.1, 0.15) is 23.4 Å². The summed E-state index contributed by atoms with van der Waals surface area (Å²) in [5.41, 5.74) is 0. The highest BCUT2D eigenvalue weighted by Gasteiger charge is 1.96. The van der Waals surface area contributed by atoms with Crippen LogP contribution in [0, 0.1) is 6.92 Å². The van der Waals surface area contributed by atoms with E-state index in [2.05, 4.69) is 17.1 Å². The van der Waals surface area contributed by atoms with E-state index in [1.165, 1.54) is 0 Å². The first kappa shape index (κ1) is 6.68. The molecule has 0 aliphatic heterocycles. The molecular weight excluding hydrogens is 132 g/mol. The summed E-state index contributed by atoms with van der Waals surface area (Å²) in [7, 11) is 0. The van der Waals surface area contributed by atoms with Crippen molar-refractivity contribution in [2.45, 2.75) is 26.7 Å². The molecule has 0 radical (unpaired) electrons. The molecule has 1 rings (SSSR count). The number of nitrogens with zero attached hydrogens (tertiary/aromatic N) is 2. The van der Waals surface area contributed by atoms with E-state index in [1.807, 2.05) is 6.92 Å². The Labute approximate surface area is 58.9 Å². The number of hydrogen-bond donors (Lipinski definition) is 0. The molecule has 0 saturated heterocycles. The Morgan fingerprint density at radius 1 is 1.44 bits per heavy atom. The zero-order valence-electron chi connectivity index (χ0n) is 5.72. The van der Waals surface area contributed by atoms with Crippen LogP contribution in [0.3, 0.4) is 0 Å². The standard InChI is InChI=1S/C6H10N2S/c1-3-4-6-8-7-5(2)9-6/h3-4H2,1-2H3. The van der Waals surface area contributed by atoms with Crippen molar-refractivity contribution in [2.75, 3.05) is 0 Å². The number of rotatable bonds is 2. The van der Waals surface area contributed by atoms with E-state index in [4.69, 9.17) is 0 Å². The van der Waals surface area contributed by atoms with Crippen LogP contribution in [-0.2, 0) is 6.42 Å². The van der Waals surface area contributed by atoms with Crippen molar-refractivity contribution in [1.82, 2.24) is 10.2 Å². The molecule has 1 aromatic heterocycles. The zero-order chi connectivity index (χ0) is 6.69. The summed E-state index contributed by atoms with van der Waals surface area (Å²) in [6.45, 7) is 4.13. The van der Waals surface area contributed by atoms with Gasteiger partial charge in [0, 0.05) is 6.42 Å². The van der Waals surface area contributed by atoms with Crippen molar-refractivity contribution in [3.63, 3.8) is 0 Å². The Balaban J connectivity index is 2.61. The third-order valence-electron chi connectivity index (χ3n) is 1.03. The maximum absolute atomic E-state index is 3.97. The summed E-state index contributed by atoms with van der Waals surface area (Å²) < 4.78 is 0. The molecule has 0 amide bonds. The zero-order valence-corrected chi connectivity index (χ0v) is 6.53. The van der Waals surface area contributed by atoms with Gasteiger partial charge >= 0.3 is 0 Å². The highest BCUT2D eigenvalue weighted by Crippen LogP contribution is 2.09. The van der Waals surface area contributed by atoms with E-state index in [1.54, 1.807) is 11.3 Å². The fraction of sp³-hybridized carbons (Fsp3) is 0.667. The van der Waals surface area contributed by atoms with Gasteiger partial charge in [-0.3, -0.25) is 0 Å². The molecule has 0 atom stereocenters. The second-order valence-electron chi connectivity index (χ2n) is 1.96. The molecule has 9 heavy (non-hydrogen) atoms. The lowest BCUT2D eigenvalue weighted by molar-refractivity contribution is 0.874. The Bertz CT molecular complexity index is 183. The quantitative estimate of drug-likeness (QED) is 0.629. The van der Waals surface area contributed by atoms with Gasteiger partial charge in [-0.25, -0.2) is 0 Å². The molecule has 0 spiro atoms. The molecule has 3 heteroatoms. The Hall–Kier alpha value is -0.440. The largest absolute Gasteiger partial charge is 0.144 e. The highest BCUT2D eigenvalue weighted by molar-refractivity contribution is 7.11. The molecule has 0 N–H and O–H groups in total. The predicted molar refractivity (Wildman–Crippen MR) is 38.6 cm³/mol. The van der Waals surface area contributed by atoms with Crippen LogP contribution in [0.25, 0.3) is 0 Å². The van der Waals surface area contributed by atoms with Crippen molar-refractivity contribution in [3.05, 3.63) is 10.0 Å². The smallest absolute Gasteiger partial charge is 0.117 e. The summed E-state index contributed by atoms with van der Waals surface area (Å²) >= 11 is 1.69. The summed E-state index contributed by atoms with van der Waals surface area (Å²) in [6, 6.07) is 0. The summed E-state index contributed by atoms with van der Waals surface area (Å²) in [5, 5.41) is 10.1. The van der Waals surface area contributed by atoms with Crippen molar-refractivity contribution in [1.29, 1.82) is 0 Å². The SMILES string of the molecule is CCCc1nnc(C)s1. The van der Waals surface area contributed by atoms with E-state index >= 15 is 0 Å². The van der Waals surface area contributed by atoms with E-state index in [9.17, 15) is 0 Å². The number of aromatic nitrogens is 2. The second kappa shape index (κ2) is 2.92. The van der Waals surface area contributed by atoms with Gasteiger partial charge in [-0.2, -0.15) is 0 Å². The minimum Gasteiger partial charge on any atom is -0.144 e. The minimum absolute atomic E-state index is 1.07. The van der Waals surface area contributed by atoms with Gasteiger partial charge in [0.25, 0.3) is 0 Å². The molecular formula is C6H10N2S. The van der Waals surface area contributed by atoms with E-state index in [0.29, 0.717) is 0 Å². The molecule has 2 nitrogen and oxygen atoms in total. The fourth-order valence-corrected chi connectivity index (χ4v) is 1.46. The van der Waals surface area contributed by atoms with Crippen LogP contribution in [0.4, 0.5) is 0 Å². The van der Waals surface area contributed by atoms with Crippen LogP contribution < -0.4 is 0 Å². The second-order valence-corrected chi connectivity index (χ2v) is 3.23. The monoisotopic (exact) mass is 142 g/mol. The van der Waals surface area contributed by atoms with Crippen LogP contribution in [0.2, 0.25) is 0 Å². The molecule has 0 aromatic carbocycles. The first-order valence-corrected chi connectivity index (χ1v) is 3.93. The fourth-order valence-electron chi connectivity index (χ4n) is 0.652. The number of aryl methyl sites for hydroxylation is 2. The third-order valence-corrected chi connectivity index (χ3v) is 1.93. The topological polar surface area (TPSA) is 25.8 Å². The average Bonchev–Trinajstić information content (AvgIpc) is 2.17. The molecule has 1 heterocycles. The van der Waals surface area contributed by atoms with E-state index in [-0.39, 0.29) is 0 Å². The molecule has 0 aliphatic rings. The van der Waals surface area contributed by atoms with Gasteiger partial charge in [0.2, 0.25) is 0 Å². The van der Waals surface area contributed by atoms with E-state index < -0.39 is 0 Å². The van der Waals surface area contributed by atoms with Gasteiger partial charge in [0.1, 0.15) is 10.0 Å². The van der Waals surface area contributed by atoms with Gasteiger partial charge in [0.05, 0.1) is 0 Å². The summed E-state index contributed by atoms with van der Waals surface area (Å²) in [4.78, 5) is 0. The maximum Gasteiger partial charge on any atom is 0.117 e. The Morgan fingerprint density at radius 3 is 2.67 bits per heavy atom. The minimum atomic E-state index is 1.07. The van der Waals surface area contributed by atoms with Crippen LogP contribution >= 0.6 is 11.3 Å². The van der Waals surface area contributed by atoms with E-state index in [0.717, 1.165) is 22.9 Å². The first-order valence-electron chi connectivity index (χ1n) is 3.12. The van der Waals surface area contributed by atoms with Gasteiger partial charge in [-0.1, -0.05) is 6.92 Å². The highest BCUT2D eigenvalue weighted by atomic mass is 32.1. The molecule has 0 saturated carbocycles. The van der Waals surface area contributed by atoms with Crippen LogP contribution in [0.5, 0.6) is 0 Å². The van der Waals surface area contributed by atoms with Crippen LogP contribution in [0.15, 0.2) is 0 Å². The van der Waals surface area contributed by atoms with Crippen molar-refractivity contribution >= 4 is 11.3 Å². The maximum atomic E-state index is 3.97. The van der Waals surface area contributed by atoms with Crippen LogP contribution in [-0.4, -0.2) is 10.2 Å². The normalized spacial score (nSPS) is 10.0. The lowest BCUT2D eigenvalue weighted by atomic mass is 10.4. The molecule has 0 bridgehead atoms. The average molecular weight is 142 g/mol. The van der Waals surface area contributed by atoms with Gasteiger partial charge in [-0.05, 0) is 13.3 Å². The molecule has 0 aliphatic carbocycles. The van der Waals surface area contributed by atoms with Gasteiger partial charge < -0.3 is 0 Å². The first-order chi connectivity index (χ1) is 4.33. The van der Waals surface area contributed by atoms with Crippen molar-refractivity contribution in [3.8, 4) is 0 Å². The summed E-state index contributed by atoms with van der Waals surface area (Å²) in [5.74, 6) is 0. The summed E-state index contributed by atoms with van der Waals surface area (Å²) in [6.07, 6.45) is 2.24. The third kappa shape index (κ3) is 1.75.